The number of amides is 1. The number of benzene rings is 2. The molecule has 0 saturated heterocycles. The van der Waals surface area contributed by atoms with E-state index in [4.69, 9.17) is 5.26 Å². The van der Waals surface area contributed by atoms with Gasteiger partial charge in [-0.2, -0.15) is 5.26 Å². The first-order chi connectivity index (χ1) is 10.4. The fourth-order valence-electron chi connectivity index (χ4n) is 1.95. The van der Waals surface area contributed by atoms with Crippen LogP contribution in [0.15, 0.2) is 53.4 Å². The maximum absolute atomic E-state index is 12.2. The van der Waals surface area contributed by atoms with E-state index in [1.807, 2.05) is 6.07 Å². The number of hydrogen-bond acceptors (Lipinski definition) is 4. The molecule has 0 bridgehead atoms. The predicted octanol–water partition coefficient (Wildman–Crippen LogP) is 1.89. The zero-order valence-electron chi connectivity index (χ0n) is 11.9. The maximum atomic E-state index is 12.2. The van der Waals surface area contributed by atoms with Gasteiger partial charge in [-0.15, -0.1) is 0 Å². The van der Waals surface area contributed by atoms with E-state index in [1.165, 1.54) is 12.1 Å². The zero-order chi connectivity index (χ0) is 16.2. The fraction of sp³-hybridized carbons (Fsp3) is 0.125. The van der Waals surface area contributed by atoms with Crippen LogP contribution in [0.1, 0.15) is 21.5 Å². The molecule has 2 aromatic carbocycles. The maximum Gasteiger partial charge on any atom is 0.252 e. The van der Waals surface area contributed by atoms with Crippen LogP contribution in [0, 0.1) is 11.3 Å². The summed E-state index contributed by atoms with van der Waals surface area (Å²) in [5.41, 5.74) is 1.49. The molecule has 5 nitrogen and oxygen atoms in total. The molecule has 0 fully saturated rings. The van der Waals surface area contributed by atoms with Gasteiger partial charge in [-0.3, -0.25) is 4.79 Å². The molecule has 0 heterocycles. The van der Waals surface area contributed by atoms with E-state index in [0.717, 1.165) is 11.8 Å². The Hall–Kier alpha value is -2.65. The van der Waals surface area contributed by atoms with Gasteiger partial charge in [0.2, 0.25) is 0 Å². The highest BCUT2D eigenvalue weighted by Gasteiger charge is 2.17. The third-order valence-electron chi connectivity index (χ3n) is 3.07. The second-order valence-corrected chi connectivity index (χ2v) is 6.74. The minimum absolute atomic E-state index is 0.00679. The van der Waals surface area contributed by atoms with Crippen molar-refractivity contribution in [1.82, 2.24) is 5.32 Å². The summed E-state index contributed by atoms with van der Waals surface area (Å²) in [6.45, 7) is 0.253. The Bertz CT molecular complexity index is 834. The van der Waals surface area contributed by atoms with Crippen LogP contribution in [0.4, 0.5) is 0 Å². The second kappa shape index (κ2) is 6.41. The Kier molecular flexibility index (Phi) is 4.59. The molecule has 6 heteroatoms. The lowest BCUT2D eigenvalue weighted by Gasteiger charge is -2.09. The first-order valence-electron chi connectivity index (χ1n) is 6.48. The van der Waals surface area contributed by atoms with Crippen molar-refractivity contribution in [2.75, 3.05) is 6.26 Å². The van der Waals surface area contributed by atoms with Crippen molar-refractivity contribution >= 4 is 15.7 Å². The van der Waals surface area contributed by atoms with Gasteiger partial charge >= 0.3 is 0 Å². The Morgan fingerprint density at radius 3 is 2.36 bits per heavy atom. The number of rotatable bonds is 4. The van der Waals surface area contributed by atoms with Crippen LogP contribution in [0.3, 0.4) is 0 Å². The molecule has 0 aliphatic rings. The molecule has 22 heavy (non-hydrogen) atoms. The van der Waals surface area contributed by atoms with Gasteiger partial charge in [-0.25, -0.2) is 8.42 Å². The summed E-state index contributed by atoms with van der Waals surface area (Å²) in [6.07, 6.45) is 1.07. The monoisotopic (exact) mass is 314 g/mol. The van der Waals surface area contributed by atoms with Crippen LogP contribution in [0.25, 0.3) is 0 Å². The van der Waals surface area contributed by atoms with E-state index in [2.05, 4.69) is 5.32 Å². The van der Waals surface area contributed by atoms with Crippen LogP contribution in [-0.4, -0.2) is 20.6 Å². The molecule has 0 saturated carbocycles. The Balaban J connectivity index is 2.15. The predicted molar refractivity (Wildman–Crippen MR) is 81.9 cm³/mol. The fourth-order valence-corrected chi connectivity index (χ4v) is 2.84. The first kappa shape index (κ1) is 15.7. The van der Waals surface area contributed by atoms with Gasteiger partial charge in [0.15, 0.2) is 9.84 Å². The van der Waals surface area contributed by atoms with E-state index < -0.39 is 15.7 Å². The summed E-state index contributed by atoms with van der Waals surface area (Å²) in [5.74, 6) is -0.453. The number of sulfone groups is 1. The lowest BCUT2D eigenvalue weighted by molar-refractivity contribution is 0.0947. The van der Waals surface area contributed by atoms with Gasteiger partial charge in [0.25, 0.3) is 5.91 Å². The van der Waals surface area contributed by atoms with Crippen molar-refractivity contribution < 1.29 is 13.2 Å². The molecular formula is C16H14N2O3S. The third kappa shape index (κ3) is 3.71. The summed E-state index contributed by atoms with van der Waals surface area (Å²) in [7, 11) is -3.47. The molecule has 112 valence electrons. The highest BCUT2D eigenvalue weighted by Crippen LogP contribution is 2.15. The third-order valence-corrected chi connectivity index (χ3v) is 4.22. The number of nitrogens with zero attached hydrogens (tertiary/aromatic N) is 1. The molecule has 1 amide bonds. The minimum Gasteiger partial charge on any atom is -0.348 e. The smallest absolute Gasteiger partial charge is 0.252 e. The summed E-state index contributed by atoms with van der Waals surface area (Å²) >= 11 is 0. The molecule has 0 spiro atoms. The lowest BCUT2D eigenvalue weighted by atomic mass is 10.1. The second-order valence-electron chi connectivity index (χ2n) is 4.76. The van der Waals surface area contributed by atoms with Gasteiger partial charge in [0.05, 0.1) is 22.1 Å². The van der Waals surface area contributed by atoms with E-state index in [0.29, 0.717) is 5.56 Å². The summed E-state index contributed by atoms with van der Waals surface area (Å²) in [4.78, 5) is 12.2. The molecule has 0 atom stereocenters. The van der Waals surface area contributed by atoms with Crippen LogP contribution in [-0.2, 0) is 16.4 Å². The average molecular weight is 314 g/mol. The van der Waals surface area contributed by atoms with Gasteiger partial charge in [0, 0.05) is 12.8 Å². The number of nitrogens with one attached hydrogen (secondary N) is 1. The quantitative estimate of drug-likeness (QED) is 0.933. The average Bonchev–Trinajstić information content (AvgIpc) is 2.52. The van der Waals surface area contributed by atoms with E-state index >= 15 is 0 Å². The molecule has 0 aliphatic heterocycles. The lowest BCUT2D eigenvalue weighted by Crippen LogP contribution is -2.24. The summed E-state index contributed by atoms with van der Waals surface area (Å²) in [6, 6.07) is 14.9. The molecule has 0 aromatic heterocycles. The number of carbonyl (C=O) groups excluding carboxylic acids is 1. The summed E-state index contributed by atoms with van der Waals surface area (Å²) in [5, 5.41) is 11.4. The topological polar surface area (TPSA) is 87.0 Å². The normalized spacial score (nSPS) is 10.7. The van der Waals surface area contributed by atoms with E-state index in [1.54, 1.807) is 36.4 Å². The number of nitriles is 1. The van der Waals surface area contributed by atoms with Crippen LogP contribution < -0.4 is 5.32 Å². The highest BCUT2D eigenvalue weighted by atomic mass is 32.2. The molecule has 0 aliphatic carbocycles. The van der Waals surface area contributed by atoms with Crippen molar-refractivity contribution in [3.63, 3.8) is 0 Å². The van der Waals surface area contributed by atoms with Gasteiger partial charge < -0.3 is 5.32 Å². The molecule has 0 radical (unpaired) electrons. The molecule has 2 aromatic rings. The Morgan fingerprint density at radius 1 is 1.14 bits per heavy atom. The molecule has 2 rings (SSSR count). The first-order valence-corrected chi connectivity index (χ1v) is 8.37. The van der Waals surface area contributed by atoms with E-state index in [9.17, 15) is 13.2 Å². The summed E-state index contributed by atoms with van der Waals surface area (Å²) < 4.78 is 23.4. The SMILES string of the molecule is CS(=O)(=O)c1ccccc1C(=O)NCc1ccc(C#N)cc1. The Labute approximate surface area is 129 Å². The van der Waals surface area contributed by atoms with Crippen molar-refractivity contribution in [1.29, 1.82) is 5.26 Å². The standard InChI is InChI=1S/C16H14N2O3S/c1-22(20,21)15-5-3-2-4-14(15)16(19)18-11-13-8-6-12(10-17)7-9-13/h2-9H,11H2,1H3,(H,18,19). The van der Waals surface area contributed by atoms with Crippen LogP contribution in [0.2, 0.25) is 0 Å². The molecule has 1 N–H and O–H groups in total. The van der Waals surface area contributed by atoms with Gasteiger partial charge in [0.1, 0.15) is 0 Å². The minimum atomic E-state index is -3.47. The van der Waals surface area contributed by atoms with Crippen LogP contribution in [0.5, 0.6) is 0 Å². The largest absolute Gasteiger partial charge is 0.348 e. The molecular weight excluding hydrogens is 300 g/mol. The van der Waals surface area contributed by atoms with Crippen LogP contribution >= 0.6 is 0 Å². The van der Waals surface area contributed by atoms with E-state index in [-0.39, 0.29) is 17.0 Å². The highest BCUT2D eigenvalue weighted by molar-refractivity contribution is 7.90. The van der Waals surface area contributed by atoms with Gasteiger partial charge in [-0.1, -0.05) is 24.3 Å². The van der Waals surface area contributed by atoms with Gasteiger partial charge in [-0.05, 0) is 29.8 Å². The number of carbonyl (C=O) groups is 1. The van der Waals surface area contributed by atoms with Crippen molar-refractivity contribution in [2.24, 2.45) is 0 Å². The number of hydrogen-bond donors (Lipinski definition) is 1. The molecule has 0 unspecified atom stereocenters. The van der Waals surface area contributed by atoms with Crippen molar-refractivity contribution in [3.05, 3.63) is 65.2 Å². The zero-order valence-corrected chi connectivity index (χ0v) is 12.7. The van der Waals surface area contributed by atoms with Crippen molar-refractivity contribution in [3.8, 4) is 6.07 Å². The van der Waals surface area contributed by atoms with Crippen molar-refractivity contribution in [2.45, 2.75) is 11.4 Å². The Morgan fingerprint density at radius 2 is 1.77 bits per heavy atom.